The quantitative estimate of drug-likeness (QED) is 0.0429. The summed E-state index contributed by atoms with van der Waals surface area (Å²) in [6.45, 7) is 4.70. The first-order valence-electron chi connectivity index (χ1n) is 20.0. The molecule has 328 valence electrons. The first-order valence-corrected chi connectivity index (χ1v) is 25.6. The zero-order chi connectivity index (χ0) is 44.8. The van der Waals surface area contributed by atoms with Crippen molar-refractivity contribution in [1.82, 2.24) is 0 Å². The fourth-order valence-electron chi connectivity index (χ4n) is 7.31. The van der Waals surface area contributed by atoms with Crippen molar-refractivity contribution in [3.63, 3.8) is 0 Å². The Balaban J connectivity index is 0.000000290. The summed E-state index contributed by atoms with van der Waals surface area (Å²) in [5.41, 5.74) is 11.0. The van der Waals surface area contributed by atoms with Crippen LogP contribution in [0, 0.1) is 6.07 Å². The molecule has 0 radical (unpaired) electrons. The van der Waals surface area contributed by atoms with E-state index in [9.17, 15) is 0 Å². The van der Waals surface area contributed by atoms with Crippen LogP contribution >= 0.6 is 39.0 Å². The van der Waals surface area contributed by atoms with Crippen molar-refractivity contribution in [3.05, 3.63) is 223 Å². The van der Waals surface area contributed by atoms with Crippen LogP contribution in [0.3, 0.4) is 0 Å². The Morgan fingerprint density at radius 2 is 0.906 bits per heavy atom. The van der Waals surface area contributed by atoms with Crippen LogP contribution in [-0.4, -0.2) is 24.6 Å². The van der Waals surface area contributed by atoms with Crippen LogP contribution in [0.2, 0.25) is 0 Å². The SMILES string of the molecule is CC1(C)c2cccc(P(c3ccccc3)c3ccccc3)c2Oc2c(P(c3ccccc3)c3ccccc3)cccc21.CS(=O)(=O)[O-].ClCCl.Nc1ccccc1-c1[c-]cccc1.[Pd+2]. The Bertz CT molecular complexity index is 2570. The van der Waals surface area contributed by atoms with E-state index in [0.29, 0.717) is 6.26 Å². The molecule has 0 bridgehead atoms. The number of para-hydroxylation sites is 3. The number of rotatable bonds is 7. The number of alkyl halides is 2. The maximum atomic E-state index is 9.08. The molecule has 8 aromatic rings. The van der Waals surface area contributed by atoms with Gasteiger partial charge in [-0.15, -0.1) is 59.1 Å². The number of halogens is 2. The molecule has 1 heterocycles. The van der Waals surface area contributed by atoms with Gasteiger partial charge in [-0.25, -0.2) is 8.42 Å². The Labute approximate surface area is 404 Å². The van der Waals surface area contributed by atoms with Gasteiger partial charge in [-0.05, 0) is 48.8 Å². The third-order valence-corrected chi connectivity index (χ3v) is 15.0. The fraction of sp³-hybridized carbons (Fsp3) is 0.0943. The van der Waals surface area contributed by atoms with E-state index in [1.54, 1.807) is 0 Å². The van der Waals surface area contributed by atoms with E-state index in [2.05, 4.69) is 178 Å². The average Bonchev–Trinajstić information content (AvgIpc) is 3.29. The van der Waals surface area contributed by atoms with E-state index in [4.69, 9.17) is 46.6 Å². The molecule has 0 unspecified atom stereocenters. The summed E-state index contributed by atoms with van der Waals surface area (Å²) >= 11 is 9.53. The van der Waals surface area contributed by atoms with E-state index in [0.717, 1.165) is 28.3 Å². The predicted octanol–water partition coefficient (Wildman–Crippen LogP) is 11.0. The van der Waals surface area contributed by atoms with Gasteiger partial charge in [0.15, 0.2) is 0 Å². The molecule has 1 aliphatic heterocycles. The molecule has 0 fully saturated rings. The van der Waals surface area contributed by atoms with E-state index < -0.39 is 26.0 Å². The molecule has 9 rings (SSSR count). The minimum absolute atomic E-state index is 0. The van der Waals surface area contributed by atoms with Gasteiger partial charge in [0.05, 0.1) is 15.5 Å². The number of nitrogen functional groups attached to an aromatic ring is 1. The summed E-state index contributed by atoms with van der Waals surface area (Å²) in [6.07, 6.45) is 0.604. The maximum absolute atomic E-state index is 9.08. The minimum Gasteiger partial charge on any atom is -0.748 e. The third kappa shape index (κ3) is 13.0. The summed E-state index contributed by atoms with van der Waals surface area (Å²) < 4.78 is 34.5. The largest absolute Gasteiger partial charge is 2.00 e. The van der Waals surface area contributed by atoms with E-state index in [-0.39, 0.29) is 31.2 Å². The molecule has 0 saturated heterocycles. The number of nitrogens with two attached hydrogens (primary N) is 1. The van der Waals surface area contributed by atoms with Crippen LogP contribution < -0.4 is 42.3 Å². The number of hydrogen-bond donors (Lipinski definition) is 1. The smallest absolute Gasteiger partial charge is 0.748 e. The second kappa shape index (κ2) is 24.1. The number of anilines is 1. The number of fused-ring (bicyclic) bond motifs is 2. The first kappa shape index (κ1) is 50.4. The molecule has 11 heteroatoms. The molecule has 0 aliphatic carbocycles. The van der Waals surface area contributed by atoms with Crippen molar-refractivity contribution >= 4 is 86.7 Å². The Morgan fingerprint density at radius 1 is 0.562 bits per heavy atom. The van der Waals surface area contributed by atoms with Gasteiger partial charge in [-0.3, -0.25) is 0 Å². The minimum atomic E-state index is -3.92. The molecule has 64 heavy (non-hydrogen) atoms. The monoisotopic (exact) mass is 1030 g/mol. The molecule has 0 saturated carbocycles. The molecule has 0 amide bonds. The number of hydrogen-bond acceptors (Lipinski definition) is 5. The Hall–Kier alpha value is -4.63. The van der Waals surface area contributed by atoms with E-state index >= 15 is 0 Å². The van der Waals surface area contributed by atoms with Crippen LogP contribution in [0.5, 0.6) is 11.5 Å². The molecule has 0 atom stereocenters. The molecule has 1 aliphatic rings. The number of ether oxygens (including phenoxy) is 1. The summed E-state index contributed by atoms with van der Waals surface area (Å²) in [5.74, 6) is 2.02. The van der Waals surface area contributed by atoms with Gasteiger partial charge in [0.25, 0.3) is 0 Å². The van der Waals surface area contributed by atoms with Gasteiger partial charge in [-0.2, -0.15) is 0 Å². The molecule has 5 nitrogen and oxygen atoms in total. The van der Waals surface area contributed by atoms with E-state index in [1.807, 2.05) is 48.5 Å². The molecule has 0 spiro atoms. The van der Waals surface area contributed by atoms with Gasteiger partial charge < -0.3 is 15.0 Å². The summed E-state index contributed by atoms with van der Waals surface area (Å²) in [4.78, 5) is 0. The Morgan fingerprint density at radius 3 is 1.25 bits per heavy atom. The second-order valence-corrected chi connectivity index (χ2v) is 21.3. The molecular weight excluding hydrogens is 986 g/mol. The van der Waals surface area contributed by atoms with Crippen LogP contribution in [0.4, 0.5) is 5.69 Å². The maximum Gasteiger partial charge on any atom is 2.00 e. The van der Waals surface area contributed by atoms with Crippen molar-refractivity contribution in [3.8, 4) is 22.6 Å². The van der Waals surface area contributed by atoms with E-state index in [1.165, 1.54) is 43.0 Å². The van der Waals surface area contributed by atoms with Crippen molar-refractivity contribution < 1.29 is 38.1 Å². The zero-order valence-corrected chi connectivity index (χ0v) is 41.1. The van der Waals surface area contributed by atoms with Crippen molar-refractivity contribution in [2.24, 2.45) is 0 Å². The van der Waals surface area contributed by atoms with Crippen LogP contribution in [0.1, 0.15) is 25.0 Å². The number of benzene rings is 8. The summed E-state index contributed by atoms with van der Waals surface area (Å²) in [6, 6.07) is 75.9. The summed E-state index contributed by atoms with van der Waals surface area (Å²) in [7, 11) is -5.56. The average molecular weight is 1030 g/mol. The molecule has 0 aromatic heterocycles. The van der Waals surface area contributed by atoms with Gasteiger partial charge in [0.2, 0.25) is 0 Å². The predicted molar refractivity (Wildman–Crippen MR) is 270 cm³/mol. The summed E-state index contributed by atoms with van der Waals surface area (Å²) in [5, 5.41) is 8.01. The zero-order valence-electron chi connectivity index (χ0n) is 35.4. The topological polar surface area (TPSA) is 92.5 Å². The molecular formula is C53H47Cl2NO4P2PdS. The van der Waals surface area contributed by atoms with Crippen molar-refractivity contribution in [2.45, 2.75) is 19.3 Å². The van der Waals surface area contributed by atoms with Gasteiger partial charge in [-0.1, -0.05) is 195 Å². The van der Waals surface area contributed by atoms with Crippen molar-refractivity contribution in [2.75, 3.05) is 17.3 Å². The normalized spacial score (nSPS) is 11.9. The second-order valence-electron chi connectivity index (χ2n) is 14.7. The Kier molecular flexibility index (Phi) is 18.9. The molecule has 8 aromatic carbocycles. The fourth-order valence-corrected chi connectivity index (χ4v) is 12.1. The van der Waals surface area contributed by atoms with Crippen LogP contribution in [0.15, 0.2) is 206 Å². The van der Waals surface area contributed by atoms with Crippen molar-refractivity contribution in [1.29, 1.82) is 0 Å². The molecule has 2 N–H and O–H groups in total. The van der Waals surface area contributed by atoms with Gasteiger partial charge in [0.1, 0.15) is 11.5 Å². The van der Waals surface area contributed by atoms with Crippen LogP contribution in [0.25, 0.3) is 11.1 Å². The third-order valence-electron chi connectivity index (χ3n) is 10.0. The first-order chi connectivity index (χ1) is 30.4. The standard InChI is InChI=1S/C39H32OP2.C12H10N.CH2Cl2.CH4O3S.Pd/c1-39(2)33-25-15-27-35(41(29-17-7-3-8-18-29)30-19-9-4-10-20-30)37(33)40-38-34(39)26-16-28-36(38)42(31-21-11-5-12-22-31)32-23-13-6-14-24-32;13-12-9-5-4-8-11(12)10-6-2-1-3-7-10;2-1-3;1-5(2,3)4;/h3-28H,1-2H3;1-6,8-9H,13H2;1H2;1H3,(H,2,3,4);/q;-1;;;+2/p-1. The van der Waals surface area contributed by atoms with Crippen LogP contribution in [-0.2, 0) is 36.0 Å². The van der Waals surface area contributed by atoms with Gasteiger partial charge >= 0.3 is 20.4 Å². The van der Waals surface area contributed by atoms with Gasteiger partial charge in [0, 0.05) is 33.4 Å².